The molecular formula is C22H30N2O3. The first-order valence-corrected chi connectivity index (χ1v) is 9.74. The Kier molecular flexibility index (Phi) is 6.69. The second kappa shape index (κ2) is 9.20. The van der Waals surface area contributed by atoms with Crippen molar-refractivity contribution in [1.29, 1.82) is 0 Å². The van der Waals surface area contributed by atoms with Gasteiger partial charge in [0.15, 0.2) is 0 Å². The molecule has 0 radical (unpaired) electrons. The number of hydrogen-bond acceptors (Lipinski definition) is 4. The van der Waals surface area contributed by atoms with Gasteiger partial charge in [-0.3, -0.25) is 4.79 Å². The lowest BCUT2D eigenvalue weighted by atomic mass is 10.0. The standard InChI is InChI=1S/C22H30N2O3/c1-26-18(14-23)13-22(25)24(17-8-4-5-9-17)15-20-19-10-6-3-7-16(19)11-12-21(20)27-2/h3,6-7,10-12,17-18H,4-5,8-9,13-15,23H2,1-2H3. The summed E-state index contributed by atoms with van der Waals surface area (Å²) >= 11 is 0. The lowest BCUT2D eigenvalue weighted by Gasteiger charge is -2.31. The number of carbonyl (C=O) groups is 1. The zero-order valence-electron chi connectivity index (χ0n) is 16.3. The van der Waals surface area contributed by atoms with Crippen LogP contribution in [0.5, 0.6) is 5.75 Å². The number of fused-ring (bicyclic) bond motifs is 1. The van der Waals surface area contributed by atoms with Crippen molar-refractivity contribution in [3.63, 3.8) is 0 Å². The van der Waals surface area contributed by atoms with Gasteiger partial charge in [0.1, 0.15) is 5.75 Å². The highest BCUT2D eigenvalue weighted by Gasteiger charge is 2.29. The minimum absolute atomic E-state index is 0.106. The van der Waals surface area contributed by atoms with Gasteiger partial charge in [-0.2, -0.15) is 0 Å². The van der Waals surface area contributed by atoms with Crippen LogP contribution in [0.4, 0.5) is 0 Å². The summed E-state index contributed by atoms with van der Waals surface area (Å²) in [5, 5.41) is 2.29. The molecule has 1 amide bonds. The summed E-state index contributed by atoms with van der Waals surface area (Å²) in [4.78, 5) is 15.2. The molecule has 146 valence electrons. The predicted octanol–water partition coefficient (Wildman–Crippen LogP) is 3.48. The van der Waals surface area contributed by atoms with Crippen LogP contribution in [0.1, 0.15) is 37.7 Å². The first-order chi connectivity index (χ1) is 13.2. The SMILES string of the molecule is COc1ccc2ccccc2c1CN(C(=O)CC(CN)OC)C1CCCC1. The van der Waals surface area contributed by atoms with Gasteiger partial charge >= 0.3 is 0 Å². The van der Waals surface area contributed by atoms with E-state index in [0.717, 1.165) is 34.9 Å². The molecular weight excluding hydrogens is 340 g/mol. The summed E-state index contributed by atoms with van der Waals surface area (Å²) in [5.74, 6) is 0.931. The Bertz CT molecular complexity index is 767. The number of methoxy groups -OCH3 is 2. The van der Waals surface area contributed by atoms with Crippen LogP contribution in [0.25, 0.3) is 10.8 Å². The second-order valence-electron chi connectivity index (χ2n) is 7.22. The van der Waals surface area contributed by atoms with Gasteiger partial charge < -0.3 is 20.1 Å². The maximum absolute atomic E-state index is 13.1. The number of carbonyl (C=O) groups excluding carboxylic acids is 1. The Hall–Kier alpha value is -2.11. The summed E-state index contributed by atoms with van der Waals surface area (Å²) in [6.07, 6.45) is 4.53. The van der Waals surface area contributed by atoms with E-state index >= 15 is 0 Å². The number of nitrogens with zero attached hydrogens (tertiary/aromatic N) is 1. The van der Waals surface area contributed by atoms with E-state index < -0.39 is 0 Å². The molecule has 1 atom stereocenters. The molecule has 2 aromatic rings. The smallest absolute Gasteiger partial charge is 0.225 e. The fraction of sp³-hybridized carbons (Fsp3) is 0.500. The van der Waals surface area contributed by atoms with Crippen LogP contribution in [-0.4, -0.2) is 43.7 Å². The minimum Gasteiger partial charge on any atom is -0.496 e. The van der Waals surface area contributed by atoms with Crippen molar-refractivity contribution in [3.8, 4) is 5.75 Å². The number of amides is 1. The van der Waals surface area contributed by atoms with Crippen molar-refractivity contribution in [1.82, 2.24) is 4.90 Å². The van der Waals surface area contributed by atoms with Gasteiger partial charge in [-0.15, -0.1) is 0 Å². The van der Waals surface area contributed by atoms with Crippen molar-refractivity contribution in [2.45, 2.75) is 50.8 Å². The molecule has 0 spiro atoms. The molecule has 3 rings (SSSR count). The number of hydrogen-bond donors (Lipinski definition) is 1. The van der Waals surface area contributed by atoms with Gasteiger partial charge in [0, 0.05) is 25.3 Å². The van der Waals surface area contributed by atoms with Crippen LogP contribution >= 0.6 is 0 Å². The summed E-state index contributed by atoms with van der Waals surface area (Å²) in [6, 6.07) is 12.6. The Morgan fingerprint density at radius 2 is 1.93 bits per heavy atom. The molecule has 2 N–H and O–H groups in total. The zero-order valence-corrected chi connectivity index (χ0v) is 16.3. The van der Waals surface area contributed by atoms with E-state index in [2.05, 4.69) is 18.2 Å². The first kappa shape index (κ1) is 19.6. The Balaban J connectivity index is 1.94. The third-order valence-corrected chi connectivity index (χ3v) is 5.63. The van der Waals surface area contributed by atoms with Crippen LogP contribution in [-0.2, 0) is 16.1 Å². The predicted molar refractivity (Wildman–Crippen MR) is 108 cm³/mol. The van der Waals surface area contributed by atoms with Gasteiger partial charge in [-0.1, -0.05) is 43.2 Å². The van der Waals surface area contributed by atoms with E-state index in [1.807, 2.05) is 23.1 Å². The van der Waals surface area contributed by atoms with Gasteiger partial charge in [0.25, 0.3) is 0 Å². The molecule has 1 fully saturated rings. The molecule has 1 aliphatic rings. The van der Waals surface area contributed by atoms with Gasteiger partial charge in [-0.05, 0) is 29.7 Å². The van der Waals surface area contributed by atoms with Crippen LogP contribution in [0.3, 0.4) is 0 Å². The highest BCUT2D eigenvalue weighted by molar-refractivity contribution is 5.88. The molecule has 5 nitrogen and oxygen atoms in total. The molecule has 0 aromatic heterocycles. The molecule has 0 saturated heterocycles. The largest absolute Gasteiger partial charge is 0.496 e. The molecule has 5 heteroatoms. The average molecular weight is 370 g/mol. The average Bonchev–Trinajstić information content (AvgIpc) is 3.24. The van der Waals surface area contributed by atoms with Crippen LogP contribution in [0.15, 0.2) is 36.4 Å². The van der Waals surface area contributed by atoms with Gasteiger partial charge in [0.05, 0.1) is 26.2 Å². The number of ether oxygens (including phenoxy) is 2. The second-order valence-corrected chi connectivity index (χ2v) is 7.22. The normalized spacial score (nSPS) is 15.8. The molecule has 0 aliphatic heterocycles. The molecule has 1 saturated carbocycles. The van der Waals surface area contributed by atoms with Crippen LogP contribution in [0, 0.1) is 0 Å². The van der Waals surface area contributed by atoms with E-state index in [-0.39, 0.29) is 18.1 Å². The monoisotopic (exact) mass is 370 g/mol. The highest BCUT2D eigenvalue weighted by atomic mass is 16.5. The number of rotatable bonds is 8. The van der Waals surface area contributed by atoms with Gasteiger partial charge in [0.2, 0.25) is 5.91 Å². The number of nitrogens with two attached hydrogens (primary N) is 1. The Morgan fingerprint density at radius 3 is 2.59 bits per heavy atom. The van der Waals surface area contributed by atoms with E-state index in [0.29, 0.717) is 19.5 Å². The Labute approximate surface area is 161 Å². The fourth-order valence-corrected chi connectivity index (χ4v) is 4.05. The number of benzene rings is 2. The van der Waals surface area contributed by atoms with Crippen LogP contribution < -0.4 is 10.5 Å². The van der Waals surface area contributed by atoms with Crippen molar-refractivity contribution in [2.75, 3.05) is 20.8 Å². The van der Waals surface area contributed by atoms with Crippen molar-refractivity contribution < 1.29 is 14.3 Å². The highest BCUT2D eigenvalue weighted by Crippen LogP contribution is 2.32. The Morgan fingerprint density at radius 1 is 1.19 bits per heavy atom. The maximum atomic E-state index is 13.1. The fourth-order valence-electron chi connectivity index (χ4n) is 4.05. The van der Waals surface area contributed by atoms with Crippen molar-refractivity contribution in [2.24, 2.45) is 5.73 Å². The summed E-state index contributed by atoms with van der Waals surface area (Å²) in [5.41, 5.74) is 6.81. The molecule has 1 aliphatic carbocycles. The van der Waals surface area contributed by atoms with Gasteiger partial charge in [-0.25, -0.2) is 0 Å². The zero-order chi connectivity index (χ0) is 19.2. The van der Waals surface area contributed by atoms with Crippen molar-refractivity contribution >= 4 is 16.7 Å². The third kappa shape index (κ3) is 4.42. The summed E-state index contributed by atoms with van der Waals surface area (Å²) in [6.45, 7) is 0.896. The molecule has 0 heterocycles. The molecule has 1 unspecified atom stereocenters. The first-order valence-electron chi connectivity index (χ1n) is 9.74. The lowest BCUT2D eigenvalue weighted by molar-refractivity contribution is -0.136. The van der Waals surface area contributed by atoms with Crippen LogP contribution in [0.2, 0.25) is 0 Å². The summed E-state index contributed by atoms with van der Waals surface area (Å²) in [7, 11) is 3.29. The topological polar surface area (TPSA) is 64.8 Å². The lowest BCUT2D eigenvalue weighted by Crippen LogP contribution is -2.41. The summed E-state index contributed by atoms with van der Waals surface area (Å²) < 4.78 is 11.0. The quantitative estimate of drug-likeness (QED) is 0.773. The van der Waals surface area contributed by atoms with E-state index in [1.165, 1.54) is 12.8 Å². The van der Waals surface area contributed by atoms with E-state index in [4.69, 9.17) is 15.2 Å². The van der Waals surface area contributed by atoms with Crippen molar-refractivity contribution in [3.05, 3.63) is 42.0 Å². The third-order valence-electron chi connectivity index (χ3n) is 5.63. The minimum atomic E-state index is -0.240. The molecule has 27 heavy (non-hydrogen) atoms. The van der Waals surface area contributed by atoms with E-state index in [1.54, 1.807) is 14.2 Å². The maximum Gasteiger partial charge on any atom is 0.225 e. The molecule has 0 bridgehead atoms. The molecule has 2 aromatic carbocycles. The van der Waals surface area contributed by atoms with E-state index in [9.17, 15) is 4.79 Å².